The van der Waals surface area contributed by atoms with Gasteiger partial charge in [-0.15, -0.1) is 0 Å². The van der Waals surface area contributed by atoms with Crippen LogP contribution >= 0.6 is 0 Å². The Hall–Kier alpha value is -2.36. The highest BCUT2D eigenvalue weighted by Gasteiger charge is 2.18. The summed E-state index contributed by atoms with van der Waals surface area (Å²) in [4.78, 5) is 13.1. The summed E-state index contributed by atoms with van der Waals surface area (Å²) in [5.74, 6) is -0.405. The van der Waals surface area contributed by atoms with Crippen LogP contribution in [0.1, 0.15) is 0 Å². The average molecular weight is 245 g/mol. The van der Waals surface area contributed by atoms with Gasteiger partial charge in [0, 0.05) is 0 Å². The minimum absolute atomic E-state index is 0.405. The van der Waals surface area contributed by atoms with Crippen LogP contribution < -0.4 is 4.90 Å². The van der Waals surface area contributed by atoms with Crippen LogP contribution in [-0.2, 0) is 4.74 Å². The van der Waals surface area contributed by atoms with Gasteiger partial charge in [0.15, 0.2) is 0 Å². The predicted molar refractivity (Wildman–Crippen MR) is 67.4 cm³/mol. The fourth-order valence-corrected chi connectivity index (χ4v) is 1.64. The molecule has 1 amide bonds. The van der Waals surface area contributed by atoms with Gasteiger partial charge in [0.05, 0.1) is 18.5 Å². The number of para-hydroxylation sites is 1. The minimum atomic E-state index is -0.563. The van der Waals surface area contributed by atoms with Crippen LogP contribution in [0.15, 0.2) is 54.6 Å². The molecule has 0 spiro atoms. The van der Waals surface area contributed by atoms with Crippen molar-refractivity contribution in [3.05, 3.63) is 60.4 Å². The van der Waals surface area contributed by atoms with Crippen LogP contribution in [0.4, 0.5) is 20.6 Å². The molecule has 2 aromatic rings. The van der Waals surface area contributed by atoms with Crippen LogP contribution in [0.2, 0.25) is 0 Å². The second-order valence-electron chi connectivity index (χ2n) is 3.62. The summed E-state index contributed by atoms with van der Waals surface area (Å²) in [5, 5.41) is 0. The lowest BCUT2D eigenvalue weighted by Crippen LogP contribution is -2.25. The van der Waals surface area contributed by atoms with Crippen molar-refractivity contribution in [2.75, 3.05) is 12.0 Å². The highest BCUT2D eigenvalue weighted by Crippen LogP contribution is 2.26. The van der Waals surface area contributed by atoms with Crippen LogP contribution in [0.3, 0.4) is 0 Å². The van der Waals surface area contributed by atoms with Crippen molar-refractivity contribution in [3.8, 4) is 0 Å². The molecule has 0 unspecified atom stereocenters. The third kappa shape index (κ3) is 2.48. The summed E-state index contributed by atoms with van der Waals surface area (Å²) < 4.78 is 18.0. The lowest BCUT2D eigenvalue weighted by molar-refractivity contribution is 0.181. The van der Waals surface area contributed by atoms with E-state index in [9.17, 15) is 9.18 Å². The molecule has 2 aromatic carbocycles. The number of hydrogen-bond acceptors (Lipinski definition) is 2. The number of benzene rings is 2. The van der Waals surface area contributed by atoms with Crippen LogP contribution in [0.25, 0.3) is 0 Å². The third-order valence-electron chi connectivity index (χ3n) is 2.44. The Labute approximate surface area is 104 Å². The maximum Gasteiger partial charge on any atom is 0.418 e. The van der Waals surface area contributed by atoms with Gasteiger partial charge in [-0.2, -0.15) is 0 Å². The Balaban J connectivity index is 2.47. The molecule has 0 aromatic heterocycles. The number of carbonyl (C=O) groups excluding carboxylic acids is 1. The van der Waals surface area contributed by atoms with Crippen molar-refractivity contribution in [2.24, 2.45) is 0 Å². The molecule has 2 rings (SSSR count). The first-order chi connectivity index (χ1) is 8.72. The van der Waals surface area contributed by atoms with E-state index in [1.165, 1.54) is 24.1 Å². The van der Waals surface area contributed by atoms with Gasteiger partial charge in [0.25, 0.3) is 0 Å². The molecule has 0 N–H and O–H groups in total. The third-order valence-corrected chi connectivity index (χ3v) is 2.44. The lowest BCUT2D eigenvalue weighted by atomic mass is 10.2. The van der Waals surface area contributed by atoms with Crippen molar-refractivity contribution in [1.29, 1.82) is 0 Å². The summed E-state index contributed by atoms with van der Waals surface area (Å²) >= 11 is 0. The van der Waals surface area contributed by atoms with Gasteiger partial charge >= 0.3 is 6.09 Å². The standard InChI is InChI=1S/C14H12FNO2/c1-18-14(17)16(12-7-3-2-4-8-12)13-9-5-6-11(15)10-13/h2-10H,1H3. The number of anilines is 2. The Morgan fingerprint density at radius 2 is 1.72 bits per heavy atom. The van der Waals surface area contributed by atoms with E-state index in [2.05, 4.69) is 0 Å². The smallest absolute Gasteiger partial charge is 0.418 e. The number of methoxy groups -OCH3 is 1. The topological polar surface area (TPSA) is 29.5 Å². The first-order valence-corrected chi connectivity index (χ1v) is 5.41. The zero-order chi connectivity index (χ0) is 13.0. The molecule has 0 saturated heterocycles. The van der Waals surface area contributed by atoms with E-state index in [-0.39, 0.29) is 0 Å². The second-order valence-corrected chi connectivity index (χ2v) is 3.62. The van der Waals surface area contributed by atoms with Crippen molar-refractivity contribution in [1.82, 2.24) is 0 Å². The number of rotatable bonds is 2. The summed E-state index contributed by atoms with van der Waals surface area (Å²) in [5.41, 5.74) is 1.04. The van der Waals surface area contributed by atoms with Crippen molar-refractivity contribution < 1.29 is 13.9 Å². The number of nitrogens with zero attached hydrogens (tertiary/aromatic N) is 1. The monoisotopic (exact) mass is 245 g/mol. The lowest BCUT2D eigenvalue weighted by Gasteiger charge is -2.21. The van der Waals surface area contributed by atoms with Gasteiger partial charge in [-0.25, -0.2) is 14.1 Å². The molecule has 3 nitrogen and oxygen atoms in total. The van der Waals surface area contributed by atoms with E-state index < -0.39 is 11.9 Å². The van der Waals surface area contributed by atoms with Gasteiger partial charge < -0.3 is 4.74 Å². The van der Waals surface area contributed by atoms with Gasteiger partial charge in [-0.1, -0.05) is 24.3 Å². The quantitative estimate of drug-likeness (QED) is 0.806. The molecule has 0 saturated carbocycles. The van der Waals surface area contributed by atoms with E-state index in [1.54, 1.807) is 36.4 Å². The molecular weight excluding hydrogens is 233 g/mol. The summed E-state index contributed by atoms with van der Waals surface area (Å²) in [7, 11) is 1.29. The highest BCUT2D eigenvalue weighted by atomic mass is 19.1. The Bertz CT molecular complexity index is 543. The van der Waals surface area contributed by atoms with E-state index in [1.807, 2.05) is 6.07 Å². The molecule has 0 aliphatic carbocycles. The number of halogens is 1. The molecule has 0 aliphatic rings. The zero-order valence-corrected chi connectivity index (χ0v) is 9.84. The van der Waals surface area contributed by atoms with Crippen LogP contribution in [0.5, 0.6) is 0 Å². The van der Waals surface area contributed by atoms with Gasteiger partial charge in [-0.3, -0.25) is 0 Å². The van der Waals surface area contributed by atoms with Crippen molar-refractivity contribution in [3.63, 3.8) is 0 Å². The second kappa shape index (κ2) is 5.31. The fourth-order valence-electron chi connectivity index (χ4n) is 1.64. The predicted octanol–water partition coefficient (Wildman–Crippen LogP) is 3.73. The molecule has 0 atom stereocenters. The van der Waals surface area contributed by atoms with Crippen molar-refractivity contribution >= 4 is 17.5 Å². The maximum absolute atomic E-state index is 13.2. The van der Waals surface area contributed by atoms with E-state index in [0.717, 1.165) is 0 Å². The Morgan fingerprint density at radius 1 is 1.06 bits per heavy atom. The summed E-state index contributed by atoms with van der Waals surface area (Å²) in [6.45, 7) is 0. The fraction of sp³-hybridized carbons (Fsp3) is 0.0714. The zero-order valence-electron chi connectivity index (χ0n) is 9.84. The molecule has 0 bridgehead atoms. The first kappa shape index (κ1) is 12.1. The van der Waals surface area contributed by atoms with E-state index >= 15 is 0 Å². The molecule has 0 heterocycles. The molecule has 92 valence electrons. The van der Waals surface area contributed by atoms with Crippen LogP contribution in [-0.4, -0.2) is 13.2 Å². The number of amides is 1. The number of ether oxygens (including phenoxy) is 1. The molecule has 0 fully saturated rings. The summed E-state index contributed by atoms with van der Waals surface area (Å²) in [6.07, 6.45) is -0.563. The molecule has 0 aliphatic heterocycles. The van der Waals surface area contributed by atoms with Gasteiger partial charge in [-0.05, 0) is 30.3 Å². The first-order valence-electron chi connectivity index (χ1n) is 5.41. The largest absolute Gasteiger partial charge is 0.452 e. The Kier molecular flexibility index (Phi) is 3.57. The van der Waals surface area contributed by atoms with Gasteiger partial charge in [0.1, 0.15) is 5.82 Å². The van der Waals surface area contributed by atoms with Crippen molar-refractivity contribution in [2.45, 2.75) is 0 Å². The minimum Gasteiger partial charge on any atom is -0.452 e. The molecule has 4 heteroatoms. The van der Waals surface area contributed by atoms with Crippen LogP contribution in [0, 0.1) is 5.82 Å². The van der Waals surface area contributed by atoms with Gasteiger partial charge in [0.2, 0.25) is 0 Å². The Morgan fingerprint density at radius 3 is 2.33 bits per heavy atom. The average Bonchev–Trinajstić information content (AvgIpc) is 2.40. The normalized spacial score (nSPS) is 9.89. The number of carbonyl (C=O) groups is 1. The van der Waals surface area contributed by atoms with E-state index in [0.29, 0.717) is 11.4 Å². The molecular formula is C14H12FNO2. The summed E-state index contributed by atoms with van der Waals surface area (Å²) in [6, 6.07) is 14.7. The highest BCUT2D eigenvalue weighted by molar-refractivity contribution is 5.95. The molecule has 18 heavy (non-hydrogen) atoms. The van der Waals surface area contributed by atoms with E-state index in [4.69, 9.17) is 4.74 Å². The maximum atomic E-state index is 13.2. The molecule has 0 radical (unpaired) electrons. The number of hydrogen-bond donors (Lipinski definition) is 0. The SMILES string of the molecule is COC(=O)N(c1ccccc1)c1cccc(F)c1.